The lowest BCUT2D eigenvalue weighted by Gasteiger charge is -2.28. The van der Waals surface area contributed by atoms with Crippen LogP contribution in [0.4, 0.5) is 10.5 Å². The SMILES string of the molecule is CCN(C(=O)Nc1ccc(Cl)cc1)[C@@H](C)CS(=O)(=O)CC. The smallest absolute Gasteiger partial charge is 0.321 e. The highest BCUT2D eigenvalue weighted by atomic mass is 35.5. The van der Waals surface area contributed by atoms with E-state index in [0.29, 0.717) is 17.3 Å². The highest BCUT2D eigenvalue weighted by molar-refractivity contribution is 7.91. The van der Waals surface area contributed by atoms with Crippen molar-refractivity contribution in [3.8, 4) is 0 Å². The highest BCUT2D eigenvalue weighted by Crippen LogP contribution is 2.14. The van der Waals surface area contributed by atoms with E-state index < -0.39 is 9.84 Å². The molecular weight excluding hydrogens is 312 g/mol. The third-order valence-corrected chi connectivity index (χ3v) is 5.29. The number of nitrogens with zero attached hydrogens (tertiary/aromatic N) is 1. The summed E-state index contributed by atoms with van der Waals surface area (Å²) in [7, 11) is -3.12. The monoisotopic (exact) mass is 332 g/mol. The van der Waals surface area contributed by atoms with Crippen molar-refractivity contribution in [1.82, 2.24) is 4.90 Å². The number of carbonyl (C=O) groups is 1. The molecule has 0 aliphatic carbocycles. The Morgan fingerprint density at radius 3 is 2.33 bits per heavy atom. The van der Waals surface area contributed by atoms with Crippen molar-refractivity contribution in [3.63, 3.8) is 0 Å². The Kier molecular flexibility index (Phi) is 6.48. The van der Waals surface area contributed by atoms with E-state index in [9.17, 15) is 13.2 Å². The van der Waals surface area contributed by atoms with E-state index in [1.54, 1.807) is 38.1 Å². The lowest BCUT2D eigenvalue weighted by Crippen LogP contribution is -2.44. The zero-order valence-electron chi connectivity index (χ0n) is 12.5. The Hall–Kier alpha value is -1.27. The number of amides is 2. The normalized spacial score (nSPS) is 12.8. The summed E-state index contributed by atoms with van der Waals surface area (Å²) in [5, 5.41) is 3.32. The molecule has 7 heteroatoms. The maximum absolute atomic E-state index is 12.2. The van der Waals surface area contributed by atoms with Gasteiger partial charge in [-0.3, -0.25) is 0 Å². The summed E-state index contributed by atoms with van der Waals surface area (Å²) in [6, 6.07) is 6.05. The predicted octanol–water partition coefficient (Wildman–Crippen LogP) is 3.02. The second-order valence-corrected chi connectivity index (χ2v) is 7.61. The van der Waals surface area contributed by atoms with Gasteiger partial charge >= 0.3 is 6.03 Å². The quantitative estimate of drug-likeness (QED) is 0.870. The highest BCUT2D eigenvalue weighted by Gasteiger charge is 2.23. The molecule has 1 N–H and O–H groups in total. The predicted molar refractivity (Wildman–Crippen MR) is 86.6 cm³/mol. The first-order chi connectivity index (χ1) is 9.79. The Labute approximate surface area is 131 Å². The number of benzene rings is 1. The Morgan fingerprint density at radius 1 is 1.29 bits per heavy atom. The van der Waals surface area contributed by atoms with E-state index in [1.165, 1.54) is 4.90 Å². The summed E-state index contributed by atoms with van der Waals surface area (Å²) in [6.07, 6.45) is 0. The average Bonchev–Trinajstić information content (AvgIpc) is 2.41. The second kappa shape index (κ2) is 7.66. The summed E-state index contributed by atoms with van der Waals surface area (Å²) in [4.78, 5) is 13.7. The molecule has 0 saturated carbocycles. The molecule has 0 radical (unpaired) electrons. The Balaban J connectivity index is 2.74. The number of urea groups is 1. The van der Waals surface area contributed by atoms with Gasteiger partial charge in [-0.1, -0.05) is 18.5 Å². The van der Waals surface area contributed by atoms with Crippen LogP contribution < -0.4 is 5.32 Å². The zero-order chi connectivity index (χ0) is 16.0. The molecule has 0 bridgehead atoms. The summed E-state index contributed by atoms with van der Waals surface area (Å²) >= 11 is 5.79. The molecule has 21 heavy (non-hydrogen) atoms. The van der Waals surface area contributed by atoms with Crippen LogP contribution in [0, 0.1) is 0 Å². The molecule has 0 fully saturated rings. The maximum atomic E-state index is 12.2. The lowest BCUT2D eigenvalue weighted by molar-refractivity contribution is 0.201. The molecule has 1 atom stereocenters. The number of anilines is 1. The van der Waals surface area contributed by atoms with Gasteiger partial charge < -0.3 is 10.2 Å². The van der Waals surface area contributed by atoms with Crippen LogP contribution in [0.25, 0.3) is 0 Å². The molecule has 1 rings (SSSR count). The minimum atomic E-state index is -3.12. The minimum Gasteiger partial charge on any atom is -0.321 e. The van der Waals surface area contributed by atoms with Crippen LogP contribution in [0.2, 0.25) is 5.02 Å². The standard InChI is InChI=1S/C14H21ClN2O3S/c1-4-17(11(3)10-21(19,20)5-2)14(18)16-13-8-6-12(15)7-9-13/h6-9,11H,4-5,10H2,1-3H3,(H,16,18)/t11-/m0/s1. The molecule has 2 amide bonds. The lowest BCUT2D eigenvalue weighted by atomic mass is 10.3. The van der Waals surface area contributed by atoms with Crippen LogP contribution in [-0.2, 0) is 9.84 Å². The maximum Gasteiger partial charge on any atom is 0.322 e. The number of halogens is 1. The van der Waals surface area contributed by atoms with Crippen molar-refractivity contribution in [3.05, 3.63) is 29.3 Å². The van der Waals surface area contributed by atoms with Gasteiger partial charge in [-0.15, -0.1) is 0 Å². The van der Waals surface area contributed by atoms with Crippen molar-refractivity contribution in [2.45, 2.75) is 26.8 Å². The average molecular weight is 333 g/mol. The molecule has 0 aromatic heterocycles. The fraction of sp³-hybridized carbons (Fsp3) is 0.500. The molecule has 1 aromatic carbocycles. The van der Waals surface area contributed by atoms with Crippen molar-refractivity contribution in [2.24, 2.45) is 0 Å². The van der Waals surface area contributed by atoms with Crippen LogP contribution in [0.3, 0.4) is 0 Å². The van der Waals surface area contributed by atoms with Crippen LogP contribution >= 0.6 is 11.6 Å². The summed E-state index contributed by atoms with van der Waals surface area (Å²) in [5.41, 5.74) is 0.619. The van der Waals surface area contributed by atoms with Crippen LogP contribution in [0.5, 0.6) is 0 Å². The molecule has 0 spiro atoms. The number of hydrogen-bond acceptors (Lipinski definition) is 3. The van der Waals surface area contributed by atoms with E-state index in [2.05, 4.69) is 5.32 Å². The third-order valence-electron chi connectivity index (χ3n) is 3.16. The summed E-state index contributed by atoms with van der Waals surface area (Å²) in [6.45, 7) is 5.58. The first kappa shape index (κ1) is 17.8. The van der Waals surface area contributed by atoms with Crippen molar-refractivity contribution in [1.29, 1.82) is 0 Å². The van der Waals surface area contributed by atoms with Gasteiger partial charge in [0.05, 0.1) is 5.75 Å². The molecule has 0 saturated heterocycles. The number of sulfone groups is 1. The fourth-order valence-corrected chi connectivity index (χ4v) is 3.24. The van der Waals surface area contributed by atoms with Crippen LogP contribution in [-0.4, -0.2) is 43.4 Å². The molecule has 0 aliphatic heterocycles. The van der Waals surface area contributed by atoms with Crippen LogP contribution in [0.1, 0.15) is 20.8 Å². The molecule has 5 nitrogen and oxygen atoms in total. The van der Waals surface area contributed by atoms with Gasteiger partial charge in [0.25, 0.3) is 0 Å². The molecular formula is C14H21ClN2O3S. The Bertz CT molecular complexity index is 572. The molecule has 0 unspecified atom stereocenters. The van der Waals surface area contributed by atoms with E-state index in [4.69, 9.17) is 11.6 Å². The van der Waals surface area contributed by atoms with Crippen LogP contribution in [0.15, 0.2) is 24.3 Å². The first-order valence-electron chi connectivity index (χ1n) is 6.82. The topological polar surface area (TPSA) is 66.5 Å². The van der Waals surface area contributed by atoms with Gasteiger partial charge in [-0.2, -0.15) is 0 Å². The van der Waals surface area contributed by atoms with Gasteiger partial charge in [0.1, 0.15) is 0 Å². The van der Waals surface area contributed by atoms with Crippen molar-refractivity contribution in [2.75, 3.05) is 23.4 Å². The van der Waals surface area contributed by atoms with Gasteiger partial charge in [-0.25, -0.2) is 13.2 Å². The van der Waals surface area contributed by atoms with Gasteiger partial charge in [0.15, 0.2) is 9.84 Å². The Morgan fingerprint density at radius 2 is 1.86 bits per heavy atom. The number of nitrogens with one attached hydrogen (secondary N) is 1. The van der Waals surface area contributed by atoms with Gasteiger partial charge in [-0.05, 0) is 38.1 Å². The number of hydrogen-bond donors (Lipinski definition) is 1. The van der Waals surface area contributed by atoms with E-state index >= 15 is 0 Å². The zero-order valence-corrected chi connectivity index (χ0v) is 14.0. The van der Waals surface area contributed by atoms with Gasteiger partial charge in [0.2, 0.25) is 0 Å². The summed E-state index contributed by atoms with van der Waals surface area (Å²) < 4.78 is 23.4. The largest absolute Gasteiger partial charge is 0.322 e. The molecule has 1 aromatic rings. The van der Waals surface area contributed by atoms with Crippen molar-refractivity contribution >= 4 is 33.2 Å². The minimum absolute atomic E-state index is 0.0363. The summed E-state index contributed by atoms with van der Waals surface area (Å²) in [5.74, 6) is 0.0407. The van der Waals surface area contributed by atoms with E-state index in [1.807, 2.05) is 6.92 Å². The number of rotatable bonds is 6. The van der Waals surface area contributed by atoms with Gasteiger partial charge in [0, 0.05) is 29.0 Å². The molecule has 0 aliphatic rings. The van der Waals surface area contributed by atoms with E-state index in [-0.39, 0.29) is 23.6 Å². The fourth-order valence-electron chi connectivity index (χ4n) is 1.96. The number of carbonyl (C=O) groups excluding carboxylic acids is 1. The van der Waals surface area contributed by atoms with Crippen molar-refractivity contribution < 1.29 is 13.2 Å². The third kappa shape index (κ3) is 5.55. The first-order valence-corrected chi connectivity index (χ1v) is 9.02. The second-order valence-electron chi connectivity index (χ2n) is 4.77. The van der Waals surface area contributed by atoms with E-state index in [0.717, 1.165) is 0 Å². The molecule has 118 valence electrons. The molecule has 0 heterocycles.